The van der Waals surface area contributed by atoms with Crippen LogP contribution in [0.2, 0.25) is 0 Å². The Morgan fingerprint density at radius 2 is 2.00 bits per heavy atom. The zero-order valence-corrected chi connectivity index (χ0v) is 6.69. The molecular weight excluding hydrogens is 124 g/mol. The predicted molar refractivity (Wildman–Crippen MR) is 42.6 cm³/mol. The van der Waals surface area contributed by atoms with Crippen LogP contribution in [0.5, 0.6) is 0 Å². The number of hydrogen-bond acceptors (Lipinski definition) is 2. The lowest BCUT2D eigenvalue weighted by Crippen LogP contribution is -2.16. The summed E-state index contributed by atoms with van der Waals surface area (Å²) in [6.07, 6.45) is 4.15. The summed E-state index contributed by atoms with van der Waals surface area (Å²) in [4.78, 5) is 0. The van der Waals surface area contributed by atoms with Crippen LogP contribution >= 0.6 is 0 Å². The summed E-state index contributed by atoms with van der Waals surface area (Å²) >= 11 is 0. The van der Waals surface area contributed by atoms with E-state index in [-0.39, 0.29) is 0 Å². The number of rotatable bonds is 6. The molecule has 2 heteroatoms. The van der Waals surface area contributed by atoms with Crippen molar-refractivity contribution >= 4 is 0 Å². The summed E-state index contributed by atoms with van der Waals surface area (Å²) in [5.41, 5.74) is 0. The van der Waals surface area contributed by atoms with E-state index in [1.165, 1.54) is 12.8 Å². The minimum atomic E-state index is 0.680. The highest BCUT2D eigenvalue weighted by Gasteiger charge is 1.85. The van der Waals surface area contributed by atoms with Gasteiger partial charge < -0.3 is 5.32 Å². The molecule has 0 aromatic heterocycles. The topological polar surface area (TPSA) is 35.8 Å². The number of nitriles is 1. The Morgan fingerprint density at radius 1 is 1.30 bits per heavy atom. The van der Waals surface area contributed by atoms with E-state index < -0.39 is 0 Å². The first-order valence-corrected chi connectivity index (χ1v) is 3.99. The van der Waals surface area contributed by atoms with Crippen LogP contribution in [0.4, 0.5) is 0 Å². The highest BCUT2D eigenvalue weighted by atomic mass is 14.8. The van der Waals surface area contributed by atoms with Crippen molar-refractivity contribution in [3.8, 4) is 6.07 Å². The molecule has 0 heterocycles. The Balaban J connectivity index is 2.72. The van der Waals surface area contributed by atoms with E-state index in [0.29, 0.717) is 6.42 Å². The molecule has 0 aliphatic heterocycles. The molecule has 0 amide bonds. The maximum absolute atomic E-state index is 8.19. The summed E-state index contributed by atoms with van der Waals surface area (Å²) in [5.74, 6) is 0. The molecule has 0 saturated carbocycles. The monoisotopic (exact) mass is 140 g/mol. The molecule has 0 fully saturated rings. The van der Waals surface area contributed by atoms with Crippen molar-refractivity contribution in [1.29, 1.82) is 5.26 Å². The molecule has 0 aromatic carbocycles. The molecule has 0 aromatic rings. The average molecular weight is 140 g/mol. The Kier molecular flexibility index (Phi) is 7.99. The zero-order chi connectivity index (χ0) is 7.66. The van der Waals surface area contributed by atoms with Gasteiger partial charge >= 0.3 is 0 Å². The van der Waals surface area contributed by atoms with Crippen LogP contribution in [0, 0.1) is 11.3 Å². The van der Waals surface area contributed by atoms with Crippen molar-refractivity contribution in [2.45, 2.75) is 32.6 Å². The largest absolute Gasteiger partial charge is 0.317 e. The smallest absolute Gasteiger partial charge is 0.0622 e. The summed E-state index contributed by atoms with van der Waals surface area (Å²) in [7, 11) is 0. The molecule has 58 valence electrons. The van der Waals surface area contributed by atoms with Crippen molar-refractivity contribution < 1.29 is 0 Å². The van der Waals surface area contributed by atoms with Gasteiger partial charge in [0, 0.05) is 6.42 Å². The Hall–Kier alpha value is -0.550. The standard InChI is InChI=1S/C8H16N2/c1-2-3-7-10-8-5-4-6-9/h10H,2-5,7-8H2,1H3. The fourth-order valence-electron chi connectivity index (χ4n) is 0.719. The van der Waals surface area contributed by atoms with Crippen molar-refractivity contribution in [2.24, 2.45) is 0 Å². The van der Waals surface area contributed by atoms with Gasteiger partial charge in [0.05, 0.1) is 6.07 Å². The third-order valence-electron chi connectivity index (χ3n) is 1.35. The number of unbranched alkanes of at least 4 members (excludes halogenated alkanes) is 2. The van der Waals surface area contributed by atoms with E-state index in [1.807, 2.05) is 0 Å². The SMILES string of the molecule is CCCCNCCCC#N. The Bertz CT molecular complexity index is 93.9. The van der Waals surface area contributed by atoms with Gasteiger partial charge in [-0.15, -0.1) is 0 Å². The first kappa shape index (κ1) is 9.45. The van der Waals surface area contributed by atoms with Crippen molar-refractivity contribution in [1.82, 2.24) is 5.32 Å². The van der Waals surface area contributed by atoms with Crippen LogP contribution in [-0.4, -0.2) is 13.1 Å². The molecule has 2 nitrogen and oxygen atoms in total. The lowest BCUT2D eigenvalue weighted by Gasteiger charge is -1.99. The van der Waals surface area contributed by atoms with Gasteiger partial charge in [-0.3, -0.25) is 0 Å². The number of nitrogens with one attached hydrogen (secondary N) is 1. The molecule has 1 N–H and O–H groups in total. The molecule has 0 aliphatic rings. The molecule has 0 atom stereocenters. The maximum atomic E-state index is 8.19. The van der Waals surface area contributed by atoms with Crippen molar-refractivity contribution in [3.05, 3.63) is 0 Å². The van der Waals surface area contributed by atoms with E-state index in [9.17, 15) is 0 Å². The number of nitrogens with zero attached hydrogens (tertiary/aromatic N) is 1. The molecular formula is C8H16N2. The van der Waals surface area contributed by atoms with Gasteiger partial charge in [-0.2, -0.15) is 5.26 Å². The normalized spacial score (nSPS) is 9.20. The summed E-state index contributed by atoms with van der Waals surface area (Å²) in [5, 5.41) is 11.5. The van der Waals surface area contributed by atoms with Crippen LogP contribution in [0.25, 0.3) is 0 Å². The highest BCUT2D eigenvalue weighted by molar-refractivity contribution is 4.68. The second-order valence-corrected chi connectivity index (χ2v) is 2.37. The Morgan fingerprint density at radius 3 is 2.60 bits per heavy atom. The third-order valence-corrected chi connectivity index (χ3v) is 1.35. The van der Waals surface area contributed by atoms with Gasteiger partial charge in [-0.25, -0.2) is 0 Å². The molecule has 0 rings (SSSR count). The van der Waals surface area contributed by atoms with Gasteiger partial charge in [0.2, 0.25) is 0 Å². The molecule has 10 heavy (non-hydrogen) atoms. The molecule has 0 unspecified atom stereocenters. The lowest BCUT2D eigenvalue weighted by atomic mass is 10.3. The summed E-state index contributed by atoms with van der Waals surface area (Å²) in [6, 6.07) is 2.12. The maximum Gasteiger partial charge on any atom is 0.0622 e. The Labute approximate surface area is 63.2 Å². The van der Waals surface area contributed by atoms with Gasteiger partial charge in [0.25, 0.3) is 0 Å². The molecule has 0 saturated heterocycles. The lowest BCUT2D eigenvalue weighted by molar-refractivity contribution is 0.622. The predicted octanol–water partition coefficient (Wildman–Crippen LogP) is 1.68. The molecule has 0 radical (unpaired) electrons. The van der Waals surface area contributed by atoms with Gasteiger partial charge in [0.15, 0.2) is 0 Å². The summed E-state index contributed by atoms with van der Waals surface area (Å²) in [6.45, 7) is 4.27. The fraction of sp³-hybridized carbons (Fsp3) is 0.875. The highest BCUT2D eigenvalue weighted by Crippen LogP contribution is 1.85. The van der Waals surface area contributed by atoms with Crippen molar-refractivity contribution in [2.75, 3.05) is 13.1 Å². The quantitative estimate of drug-likeness (QED) is 0.570. The minimum absolute atomic E-state index is 0.680. The van der Waals surface area contributed by atoms with E-state index in [0.717, 1.165) is 19.5 Å². The average Bonchev–Trinajstić information content (AvgIpc) is 1.97. The van der Waals surface area contributed by atoms with Gasteiger partial charge in [-0.1, -0.05) is 13.3 Å². The fourth-order valence-corrected chi connectivity index (χ4v) is 0.719. The van der Waals surface area contributed by atoms with Crippen LogP contribution in [0.15, 0.2) is 0 Å². The van der Waals surface area contributed by atoms with Crippen LogP contribution in [0.1, 0.15) is 32.6 Å². The number of hydrogen-bond donors (Lipinski definition) is 1. The summed E-state index contributed by atoms with van der Waals surface area (Å²) < 4.78 is 0. The molecule has 0 bridgehead atoms. The third kappa shape index (κ3) is 7.45. The second-order valence-electron chi connectivity index (χ2n) is 2.37. The van der Waals surface area contributed by atoms with Crippen LogP contribution in [-0.2, 0) is 0 Å². The van der Waals surface area contributed by atoms with Crippen LogP contribution in [0.3, 0.4) is 0 Å². The van der Waals surface area contributed by atoms with E-state index in [2.05, 4.69) is 18.3 Å². The zero-order valence-electron chi connectivity index (χ0n) is 6.69. The van der Waals surface area contributed by atoms with E-state index >= 15 is 0 Å². The van der Waals surface area contributed by atoms with Crippen LogP contribution < -0.4 is 5.32 Å². The van der Waals surface area contributed by atoms with Gasteiger partial charge in [-0.05, 0) is 25.9 Å². The molecule has 0 aliphatic carbocycles. The first-order chi connectivity index (χ1) is 4.91. The molecule has 0 spiro atoms. The van der Waals surface area contributed by atoms with E-state index in [1.54, 1.807) is 0 Å². The van der Waals surface area contributed by atoms with E-state index in [4.69, 9.17) is 5.26 Å². The minimum Gasteiger partial charge on any atom is -0.317 e. The van der Waals surface area contributed by atoms with Gasteiger partial charge in [0.1, 0.15) is 0 Å². The second kappa shape index (κ2) is 8.45. The van der Waals surface area contributed by atoms with Crippen molar-refractivity contribution in [3.63, 3.8) is 0 Å². The first-order valence-electron chi connectivity index (χ1n) is 3.99.